The molecule has 3 aromatic rings. The van der Waals surface area contributed by atoms with E-state index in [1.54, 1.807) is 60.7 Å². The van der Waals surface area contributed by atoms with Crippen molar-refractivity contribution in [1.82, 2.24) is 4.98 Å². The van der Waals surface area contributed by atoms with E-state index in [-0.39, 0.29) is 18.0 Å². The summed E-state index contributed by atoms with van der Waals surface area (Å²) in [6.07, 6.45) is -4.09. The summed E-state index contributed by atoms with van der Waals surface area (Å²) in [5, 5.41) is 0. The lowest BCUT2D eigenvalue weighted by atomic mass is 10.1. The molecule has 0 unspecified atom stereocenters. The van der Waals surface area contributed by atoms with Gasteiger partial charge < -0.3 is 9.15 Å². The minimum atomic E-state index is -3.92. The molecule has 0 bridgehead atoms. The maximum atomic E-state index is 14.5. The van der Waals surface area contributed by atoms with Crippen molar-refractivity contribution in [2.75, 3.05) is 0 Å². The molecule has 128 valence electrons. The molecule has 0 fully saturated rings. The van der Waals surface area contributed by atoms with Crippen LogP contribution in [0.1, 0.15) is 19.1 Å². The van der Waals surface area contributed by atoms with E-state index < -0.39 is 17.8 Å². The molecule has 3 rings (SSSR count). The van der Waals surface area contributed by atoms with Crippen LogP contribution < -0.4 is 0 Å². The van der Waals surface area contributed by atoms with Gasteiger partial charge in [-0.05, 0) is 12.1 Å². The molecular formula is C19H15F2NO3. The predicted octanol–water partition coefficient (Wildman–Crippen LogP) is 5.01. The average molecular weight is 343 g/mol. The van der Waals surface area contributed by atoms with Crippen molar-refractivity contribution < 1.29 is 22.7 Å². The zero-order valence-corrected chi connectivity index (χ0v) is 13.4. The fourth-order valence-corrected chi connectivity index (χ4v) is 2.27. The molecule has 25 heavy (non-hydrogen) atoms. The number of aromatic nitrogens is 1. The van der Waals surface area contributed by atoms with E-state index in [4.69, 9.17) is 4.42 Å². The van der Waals surface area contributed by atoms with Crippen molar-refractivity contribution in [3.63, 3.8) is 0 Å². The third-order valence-electron chi connectivity index (χ3n) is 3.49. The zero-order chi connectivity index (χ0) is 17.9. The Morgan fingerprint density at radius 1 is 1.04 bits per heavy atom. The number of alkyl halides is 2. The Balaban J connectivity index is 2.12. The summed E-state index contributed by atoms with van der Waals surface area (Å²) in [4.78, 5) is 15.6. The number of benzene rings is 2. The van der Waals surface area contributed by atoms with Crippen LogP contribution in [-0.2, 0) is 15.6 Å². The highest BCUT2D eigenvalue weighted by molar-refractivity contribution is 5.70. The Bertz CT molecular complexity index is 861. The van der Waals surface area contributed by atoms with Gasteiger partial charge in [-0.1, -0.05) is 55.5 Å². The molecule has 0 radical (unpaired) electrons. The zero-order valence-electron chi connectivity index (χ0n) is 13.4. The highest BCUT2D eigenvalue weighted by Crippen LogP contribution is 2.39. The van der Waals surface area contributed by atoms with Gasteiger partial charge in [0.1, 0.15) is 5.69 Å². The Hall–Kier alpha value is -3.02. The van der Waals surface area contributed by atoms with Gasteiger partial charge in [0.25, 0.3) is 0 Å². The second-order valence-electron chi connectivity index (χ2n) is 5.27. The number of halogens is 2. The number of carbonyl (C=O) groups excluding carboxylic acids is 1. The molecule has 0 atom stereocenters. The Morgan fingerprint density at radius 2 is 1.60 bits per heavy atom. The van der Waals surface area contributed by atoms with Gasteiger partial charge in [0.2, 0.25) is 11.7 Å². The fourth-order valence-electron chi connectivity index (χ4n) is 2.27. The molecule has 6 heteroatoms. The van der Waals surface area contributed by atoms with Gasteiger partial charge in [-0.25, -0.2) is 4.98 Å². The summed E-state index contributed by atoms with van der Waals surface area (Å²) in [6, 6.07) is 17.1. The van der Waals surface area contributed by atoms with E-state index in [1.165, 1.54) is 6.92 Å². The molecule has 4 nitrogen and oxygen atoms in total. The molecule has 0 saturated carbocycles. The van der Waals surface area contributed by atoms with Crippen LogP contribution in [0.2, 0.25) is 0 Å². The van der Waals surface area contributed by atoms with Crippen molar-refractivity contribution in [1.29, 1.82) is 0 Å². The number of hydrogen-bond donors (Lipinski definition) is 0. The number of esters is 1. The van der Waals surface area contributed by atoms with Gasteiger partial charge in [-0.15, -0.1) is 0 Å². The number of nitrogens with zero attached hydrogens (tertiary/aromatic N) is 1. The molecule has 2 aromatic carbocycles. The van der Waals surface area contributed by atoms with Crippen LogP contribution in [0.15, 0.2) is 65.1 Å². The summed E-state index contributed by atoms with van der Waals surface area (Å²) >= 11 is 0. The lowest BCUT2D eigenvalue weighted by molar-refractivity contribution is -0.247. The molecule has 0 N–H and O–H groups in total. The highest BCUT2D eigenvalue weighted by Gasteiger charge is 2.44. The second kappa shape index (κ2) is 6.84. The number of ether oxygens (including phenoxy) is 1. The van der Waals surface area contributed by atoms with E-state index >= 15 is 0 Å². The minimum Gasteiger partial charge on any atom is -0.430 e. The molecule has 0 aliphatic rings. The summed E-state index contributed by atoms with van der Waals surface area (Å²) in [6.45, 7) is 1.44. The third-order valence-corrected chi connectivity index (χ3v) is 3.49. The van der Waals surface area contributed by atoms with Crippen molar-refractivity contribution >= 4 is 5.97 Å². The maximum Gasteiger partial charge on any atom is 0.465 e. The number of oxazole rings is 1. The van der Waals surface area contributed by atoms with E-state index in [1.807, 2.05) is 0 Å². The molecule has 0 amide bonds. The van der Waals surface area contributed by atoms with Gasteiger partial charge in [0.15, 0.2) is 0 Å². The van der Waals surface area contributed by atoms with Crippen molar-refractivity contribution in [3.8, 4) is 22.7 Å². The van der Waals surface area contributed by atoms with Crippen LogP contribution in [0.5, 0.6) is 0 Å². The third kappa shape index (κ3) is 3.57. The van der Waals surface area contributed by atoms with Gasteiger partial charge in [0.05, 0.1) is 0 Å². The predicted molar refractivity (Wildman–Crippen MR) is 87.7 cm³/mol. The molecular weight excluding hydrogens is 328 g/mol. The first-order chi connectivity index (χ1) is 12.0. The van der Waals surface area contributed by atoms with Crippen LogP contribution in [0, 0.1) is 0 Å². The molecule has 0 aliphatic heterocycles. The maximum absolute atomic E-state index is 14.5. The fraction of sp³-hybridized carbons (Fsp3) is 0.158. The summed E-state index contributed by atoms with van der Waals surface area (Å²) < 4.78 is 38.6. The topological polar surface area (TPSA) is 52.3 Å². The molecule has 0 spiro atoms. The molecule has 0 aliphatic carbocycles. The van der Waals surface area contributed by atoms with Crippen LogP contribution >= 0.6 is 0 Å². The van der Waals surface area contributed by atoms with Crippen LogP contribution in [-0.4, -0.2) is 11.0 Å². The second-order valence-corrected chi connectivity index (χ2v) is 5.27. The average Bonchev–Trinajstić information content (AvgIpc) is 3.09. The van der Waals surface area contributed by atoms with Crippen LogP contribution in [0.25, 0.3) is 22.7 Å². The van der Waals surface area contributed by atoms with E-state index in [9.17, 15) is 13.6 Å². The van der Waals surface area contributed by atoms with Crippen LogP contribution in [0.3, 0.4) is 0 Å². The first kappa shape index (κ1) is 16.8. The SMILES string of the molecule is CCC(=O)OC(F)(F)c1oc(-c2ccccc2)nc1-c1ccccc1. The number of rotatable bonds is 5. The van der Waals surface area contributed by atoms with Crippen molar-refractivity contribution in [2.24, 2.45) is 0 Å². The largest absolute Gasteiger partial charge is 0.465 e. The molecule has 0 saturated heterocycles. The molecule has 1 aromatic heterocycles. The summed E-state index contributed by atoms with van der Waals surface area (Å²) in [5.74, 6) is -1.79. The van der Waals surface area contributed by atoms with E-state index in [0.717, 1.165) is 0 Å². The van der Waals surface area contributed by atoms with E-state index in [0.29, 0.717) is 11.1 Å². The van der Waals surface area contributed by atoms with Gasteiger partial charge in [0, 0.05) is 17.5 Å². The quantitative estimate of drug-likeness (QED) is 0.611. The van der Waals surface area contributed by atoms with Gasteiger partial charge in [-0.3, -0.25) is 4.79 Å². The Kier molecular flexibility index (Phi) is 4.61. The standard InChI is InChI=1S/C19H15F2NO3/c1-2-15(23)25-19(20,21)17-16(13-9-5-3-6-10-13)22-18(24-17)14-11-7-4-8-12-14/h3-12H,2H2,1H3. The highest BCUT2D eigenvalue weighted by atomic mass is 19.3. The monoisotopic (exact) mass is 343 g/mol. The Labute approximate surface area is 143 Å². The normalized spacial score (nSPS) is 11.3. The summed E-state index contributed by atoms with van der Waals surface area (Å²) in [5.41, 5.74) is 0.924. The summed E-state index contributed by atoms with van der Waals surface area (Å²) in [7, 11) is 0. The number of carbonyl (C=O) groups is 1. The molecule has 1 heterocycles. The first-order valence-electron chi connectivity index (χ1n) is 7.73. The van der Waals surface area contributed by atoms with Crippen LogP contribution in [0.4, 0.5) is 8.78 Å². The van der Waals surface area contributed by atoms with Crippen molar-refractivity contribution in [2.45, 2.75) is 19.5 Å². The minimum absolute atomic E-state index is 0.0293. The lowest BCUT2D eigenvalue weighted by Crippen LogP contribution is -2.22. The first-order valence-corrected chi connectivity index (χ1v) is 7.73. The number of hydrogen-bond acceptors (Lipinski definition) is 4. The van der Waals surface area contributed by atoms with Gasteiger partial charge in [-0.2, -0.15) is 8.78 Å². The smallest absolute Gasteiger partial charge is 0.430 e. The lowest BCUT2D eigenvalue weighted by Gasteiger charge is -2.14. The Morgan fingerprint density at radius 3 is 2.16 bits per heavy atom. The van der Waals surface area contributed by atoms with Crippen molar-refractivity contribution in [3.05, 3.63) is 66.4 Å². The van der Waals surface area contributed by atoms with Gasteiger partial charge >= 0.3 is 12.1 Å². The van der Waals surface area contributed by atoms with E-state index in [2.05, 4.69) is 9.72 Å².